The van der Waals surface area contributed by atoms with E-state index in [1.54, 1.807) is 0 Å². The average Bonchev–Trinajstić information content (AvgIpc) is 3.24. The van der Waals surface area contributed by atoms with Crippen LogP contribution in [0.4, 0.5) is 0 Å². The summed E-state index contributed by atoms with van der Waals surface area (Å²) in [6.07, 6.45) is 9.37. The number of hydrogen-bond acceptors (Lipinski definition) is 2. The number of nitrogens with one attached hydrogen (secondary N) is 1. The lowest BCUT2D eigenvalue weighted by Gasteiger charge is -2.11. The number of benzene rings is 1. The van der Waals surface area contributed by atoms with Gasteiger partial charge in [0.1, 0.15) is 5.60 Å². The van der Waals surface area contributed by atoms with Crippen LogP contribution in [0, 0.1) is 5.41 Å². The fourth-order valence-corrected chi connectivity index (χ4v) is 2.48. The number of ether oxygens (including phenoxy) is 1. The Bertz CT molecular complexity index is 398. The highest BCUT2D eigenvalue weighted by atomic mass is 16.6. The first kappa shape index (κ1) is 17.5. The molecule has 21 heavy (non-hydrogen) atoms. The summed E-state index contributed by atoms with van der Waals surface area (Å²) in [7, 11) is 0. The van der Waals surface area contributed by atoms with Gasteiger partial charge in [0, 0.05) is 0 Å². The summed E-state index contributed by atoms with van der Waals surface area (Å²) >= 11 is 0. The van der Waals surface area contributed by atoms with Crippen molar-refractivity contribution in [2.75, 3.05) is 6.61 Å². The molecular formula is C17H29N3O. The monoisotopic (exact) mass is 291 g/mol. The van der Waals surface area contributed by atoms with Gasteiger partial charge in [-0.05, 0) is 12.0 Å². The summed E-state index contributed by atoms with van der Waals surface area (Å²) in [4.78, 5) is 0. The molecular weight excluding hydrogens is 262 g/mol. The normalized spacial score (nSPS) is 19.5. The first-order chi connectivity index (χ1) is 10.1. The zero-order chi connectivity index (χ0) is 15.6. The van der Waals surface area contributed by atoms with Crippen LogP contribution >= 0.6 is 0 Å². The van der Waals surface area contributed by atoms with Crippen LogP contribution in [0.15, 0.2) is 30.3 Å². The molecule has 1 fully saturated rings. The van der Waals surface area contributed by atoms with Crippen molar-refractivity contribution < 1.29 is 4.74 Å². The fourth-order valence-electron chi connectivity index (χ4n) is 2.48. The van der Waals surface area contributed by atoms with E-state index in [2.05, 4.69) is 48.7 Å². The predicted octanol–water partition coefficient (Wildman–Crippen LogP) is 3.50. The third-order valence-corrected chi connectivity index (χ3v) is 3.73. The van der Waals surface area contributed by atoms with Crippen LogP contribution in [0.2, 0.25) is 0 Å². The van der Waals surface area contributed by atoms with E-state index < -0.39 is 0 Å². The smallest absolute Gasteiger partial charge is 0.183 e. The second-order valence-electron chi connectivity index (χ2n) is 5.62. The summed E-state index contributed by atoms with van der Waals surface area (Å²) in [6, 6.07) is 10.7. The molecule has 1 atom stereocenters. The van der Waals surface area contributed by atoms with Crippen LogP contribution in [0.25, 0.3) is 0 Å². The predicted molar refractivity (Wildman–Crippen MR) is 88.2 cm³/mol. The van der Waals surface area contributed by atoms with Crippen LogP contribution in [0.3, 0.4) is 0 Å². The lowest BCUT2D eigenvalue weighted by atomic mass is 9.93. The zero-order valence-corrected chi connectivity index (χ0v) is 13.1. The van der Waals surface area contributed by atoms with Crippen molar-refractivity contribution in [3.63, 3.8) is 0 Å². The Morgan fingerprint density at radius 2 is 1.62 bits per heavy atom. The van der Waals surface area contributed by atoms with Gasteiger partial charge in [-0.3, -0.25) is 5.41 Å². The molecule has 0 aliphatic carbocycles. The van der Waals surface area contributed by atoms with E-state index in [1.807, 2.05) is 0 Å². The first-order valence-corrected chi connectivity index (χ1v) is 7.90. The van der Waals surface area contributed by atoms with Crippen LogP contribution in [0.5, 0.6) is 0 Å². The van der Waals surface area contributed by atoms with Gasteiger partial charge in [-0.25, -0.2) is 0 Å². The van der Waals surface area contributed by atoms with Gasteiger partial charge in [0.05, 0.1) is 6.61 Å². The van der Waals surface area contributed by atoms with E-state index >= 15 is 0 Å². The third kappa shape index (κ3) is 7.14. The minimum atomic E-state index is -0.333. The summed E-state index contributed by atoms with van der Waals surface area (Å²) in [5, 5.41) is 6.06. The Hall–Kier alpha value is -1.55. The van der Waals surface area contributed by atoms with Crippen LogP contribution in [-0.2, 0) is 10.3 Å². The fraction of sp³-hybridized carbons (Fsp3) is 0.588. The Labute approximate surface area is 128 Å². The molecule has 0 bridgehead atoms. The highest BCUT2D eigenvalue weighted by Crippen LogP contribution is 2.43. The molecule has 1 aliphatic rings. The Kier molecular flexibility index (Phi) is 7.83. The number of epoxide rings is 1. The van der Waals surface area contributed by atoms with Crippen molar-refractivity contribution >= 4 is 5.96 Å². The topological polar surface area (TPSA) is 88.4 Å². The van der Waals surface area contributed by atoms with Crippen molar-refractivity contribution in [1.82, 2.24) is 0 Å². The maximum absolute atomic E-state index is 6.06. The molecule has 1 unspecified atom stereocenters. The van der Waals surface area contributed by atoms with Gasteiger partial charge in [-0.15, -0.1) is 0 Å². The van der Waals surface area contributed by atoms with E-state index in [0.717, 1.165) is 6.61 Å². The third-order valence-electron chi connectivity index (χ3n) is 3.73. The second kappa shape index (κ2) is 9.40. The standard InChI is InChI=1S/C16H24O.CH5N3/c1-2-3-4-5-6-10-13-16(14-17-16)15-11-8-7-9-12-15;2-1(3)4/h7-9,11-12H,2-6,10,13-14H2,1H3;(H5,2,3,4). The summed E-state index contributed by atoms with van der Waals surface area (Å²) in [5.74, 6) is -0.333. The molecule has 1 aliphatic heterocycles. The summed E-state index contributed by atoms with van der Waals surface area (Å²) < 4.78 is 5.71. The van der Waals surface area contributed by atoms with Gasteiger partial charge in [-0.1, -0.05) is 75.8 Å². The molecule has 1 aromatic carbocycles. The number of unbranched alkanes of at least 4 members (excludes halogenated alkanes) is 5. The Morgan fingerprint density at radius 1 is 1.10 bits per heavy atom. The zero-order valence-electron chi connectivity index (χ0n) is 13.1. The van der Waals surface area contributed by atoms with Gasteiger partial charge < -0.3 is 16.2 Å². The molecule has 0 amide bonds. The Morgan fingerprint density at radius 3 is 2.14 bits per heavy atom. The molecule has 1 heterocycles. The van der Waals surface area contributed by atoms with E-state index in [9.17, 15) is 0 Å². The van der Waals surface area contributed by atoms with E-state index in [0.29, 0.717) is 0 Å². The van der Waals surface area contributed by atoms with Gasteiger partial charge in [0.25, 0.3) is 0 Å². The van der Waals surface area contributed by atoms with Crippen molar-refractivity contribution in [1.29, 1.82) is 5.41 Å². The highest BCUT2D eigenvalue weighted by molar-refractivity contribution is 5.71. The number of guanidine groups is 1. The van der Waals surface area contributed by atoms with E-state index in [-0.39, 0.29) is 11.6 Å². The molecule has 118 valence electrons. The van der Waals surface area contributed by atoms with Gasteiger partial charge in [0.2, 0.25) is 0 Å². The lowest BCUT2D eigenvalue weighted by Crippen LogP contribution is -2.20. The molecule has 0 aromatic heterocycles. The maximum atomic E-state index is 6.06. The second-order valence-corrected chi connectivity index (χ2v) is 5.62. The molecule has 0 radical (unpaired) electrons. The number of hydrogen-bond donors (Lipinski definition) is 3. The molecule has 1 saturated heterocycles. The molecule has 2 rings (SSSR count). The van der Waals surface area contributed by atoms with Gasteiger partial charge in [0.15, 0.2) is 5.96 Å². The first-order valence-electron chi connectivity index (χ1n) is 7.90. The highest BCUT2D eigenvalue weighted by Gasteiger charge is 2.45. The minimum Gasteiger partial charge on any atom is -0.370 e. The van der Waals surface area contributed by atoms with E-state index in [4.69, 9.17) is 10.1 Å². The SMILES string of the molecule is CCCCCCCCC1(c2ccccc2)CO1.N=C(N)N. The molecule has 4 heteroatoms. The average molecular weight is 291 g/mol. The molecule has 0 saturated carbocycles. The van der Waals surface area contributed by atoms with Crippen molar-refractivity contribution in [2.45, 2.75) is 57.5 Å². The quantitative estimate of drug-likeness (QED) is 0.296. The van der Waals surface area contributed by atoms with Gasteiger partial charge in [-0.2, -0.15) is 0 Å². The molecule has 0 spiro atoms. The van der Waals surface area contributed by atoms with Crippen LogP contribution in [-0.4, -0.2) is 12.6 Å². The summed E-state index contributed by atoms with van der Waals surface area (Å²) in [5.41, 5.74) is 10.4. The van der Waals surface area contributed by atoms with Crippen molar-refractivity contribution in [3.8, 4) is 0 Å². The molecule has 5 N–H and O–H groups in total. The Balaban J connectivity index is 0.000000491. The van der Waals surface area contributed by atoms with E-state index in [1.165, 1.54) is 50.5 Å². The number of rotatable bonds is 8. The molecule has 1 aromatic rings. The largest absolute Gasteiger partial charge is 0.370 e. The number of nitrogens with two attached hydrogens (primary N) is 2. The molecule has 4 nitrogen and oxygen atoms in total. The van der Waals surface area contributed by atoms with Crippen molar-refractivity contribution in [3.05, 3.63) is 35.9 Å². The summed E-state index contributed by atoms with van der Waals surface area (Å²) in [6.45, 7) is 3.19. The van der Waals surface area contributed by atoms with Gasteiger partial charge >= 0.3 is 0 Å². The lowest BCUT2D eigenvalue weighted by molar-refractivity contribution is 0.285. The van der Waals surface area contributed by atoms with Crippen LogP contribution in [0.1, 0.15) is 57.4 Å². The van der Waals surface area contributed by atoms with Crippen LogP contribution < -0.4 is 11.5 Å². The van der Waals surface area contributed by atoms with Crippen molar-refractivity contribution in [2.24, 2.45) is 11.5 Å². The minimum absolute atomic E-state index is 0.0893. The maximum Gasteiger partial charge on any atom is 0.183 e.